The van der Waals surface area contributed by atoms with Crippen molar-refractivity contribution in [3.63, 3.8) is 0 Å². The van der Waals surface area contributed by atoms with Crippen molar-refractivity contribution >= 4 is 22.1 Å². The maximum atomic E-state index is 5.80. The highest BCUT2D eigenvalue weighted by molar-refractivity contribution is 7.15. The maximum absolute atomic E-state index is 5.80. The minimum absolute atomic E-state index is 0.106. The number of fused-ring (bicyclic) bond motifs is 1. The van der Waals surface area contributed by atoms with Gasteiger partial charge in [-0.1, -0.05) is 6.92 Å². The molecule has 1 N–H and O–H groups in total. The van der Waals surface area contributed by atoms with Crippen LogP contribution in [0.1, 0.15) is 26.5 Å². The van der Waals surface area contributed by atoms with E-state index in [-0.39, 0.29) is 5.60 Å². The molecule has 0 spiro atoms. The average molecular weight is 294 g/mol. The Bertz CT molecular complexity index is 589. The first-order chi connectivity index (χ1) is 9.61. The van der Waals surface area contributed by atoms with Crippen LogP contribution in [0, 0.1) is 0 Å². The summed E-state index contributed by atoms with van der Waals surface area (Å²) in [4.78, 5) is 8.25. The molecule has 0 bridgehead atoms. The summed E-state index contributed by atoms with van der Waals surface area (Å²) < 4.78 is 8.00. The van der Waals surface area contributed by atoms with Crippen LogP contribution < -0.4 is 10.2 Å². The molecule has 0 unspecified atom stereocenters. The monoisotopic (exact) mass is 294 g/mol. The fraction of sp³-hybridized carbons (Fsp3) is 0.643. The molecule has 110 valence electrons. The second-order valence-corrected chi connectivity index (χ2v) is 6.62. The van der Waals surface area contributed by atoms with Crippen LogP contribution in [0.2, 0.25) is 0 Å². The van der Waals surface area contributed by atoms with Gasteiger partial charge in [-0.3, -0.25) is 4.40 Å². The molecule has 0 atom stereocenters. The van der Waals surface area contributed by atoms with Gasteiger partial charge in [0.15, 0.2) is 10.8 Å². The first-order valence-corrected chi connectivity index (χ1v) is 8.03. The molecule has 20 heavy (non-hydrogen) atoms. The number of morpholine rings is 1. The van der Waals surface area contributed by atoms with E-state index in [0.717, 1.165) is 43.6 Å². The molecule has 5 nitrogen and oxygen atoms in total. The molecule has 1 saturated heterocycles. The van der Waals surface area contributed by atoms with Gasteiger partial charge in [0.05, 0.1) is 17.9 Å². The van der Waals surface area contributed by atoms with Crippen molar-refractivity contribution in [2.45, 2.75) is 32.9 Å². The molecule has 0 aromatic carbocycles. The number of nitrogens with one attached hydrogen (secondary N) is 1. The second kappa shape index (κ2) is 5.35. The molecule has 0 saturated carbocycles. The summed E-state index contributed by atoms with van der Waals surface area (Å²) in [6.07, 6.45) is 2.11. The zero-order chi connectivity index (χ0) is 14.2. The topological polar surface area (TPSA) is 41.8 Å². The fourth-order valence-corrected chi connectivity index (χ4v) is 3.41. The third kappa shape index (κ3) is 2.55. The molecule has 0 amide bonds. The van der Waals surface area contributed by atoms with E-state index in [9.17, 15) is 0 Å². The van der Waals surface area contributed by atoms with Crippen LogP contribution in [-0.4, -0.2) is 41.2 Å². The van der Waals surface area contributed by atoms with Gasteiger partial charge in [-0.15, -0.1) is 11.3 Å². The van der Waals surface area contributed by atoms with Gasteiger partial charge in [0, 0.05) is 31.2 Å². The number of imidazole rings is 1. The van der Waals surface area contributed by atoms with Gasteiger partial charge < -0.3 is 15.0 Å². The second-order valence-electron chi connectivity index (χ2n) is 5.75. The quantitative estimate of drug-likeness (QED) is 0.938. The van der Waals surface area contributed by atoms with Gasteiger partial charge in [-0.2, -0.15) is 0 Å². The van der Waals surface area contributed by atoms with E-state index in [4.69, 9.17) is 9.72 Å². The lowest BCUT2D eigenvalue weighted by Gasteiger charge is -2.38. The van der Waals surface area contributed by atoms with Gasteiger partial charge in [0.1, 0.15) is 0 Å². The number of thiazole rings is 1. The smallest absolute Gasteiger partial charge is 0.195 e. The molecule has 0 aliphatic carbocycles. The third-order valence-corrected chi connectivity index (χ3v) is 4.36. The van der Waals surface area contributed by atoms with Crippen LogP contribution in [0.5, 0.6) is 0 Å². The van der Waals surface area contributed by atoms with E-state index >= 15 is 0 Å². The number of nitrogens with zero attached hydrogens (tertiary/aromatic N) is 3. The summed E-state index contributed by atoms with van der Waals surface area (Å²) in [7, 11) is 0. The van der Waals surface area contributed by atoms with E-state index < -0.39 is 0 Å². The summed E-state index contributed by atoms with van der Waals surface area (Å²) in [6, 6.07) is 0. The van der Waals surface area contributed by atoms with E-state index in [1.54, 1.807) is 11.3 Å². The lowest BCUT2D eigenvalue weighted by molar-refractivity contribution is -0.0279. The summed E-state index contributed by atoms with van der Waals surface area (Å²) in [6.45, 7) is 10.8. The Morgan fingerprint density at radius 1 is 1.50 bits per heavy atom. The highest BCUT2D eigenvalue weighted by atomic mass is 32.1. The number of anilines is 1. The SMILES string of the molecule is CCNCc1c(N2CCOC(C)(C)C2)nc2sccn12. The predicted molar refractivity (Wildman–Crippen MR) is 82.7 cm³/mol. The molecule has 1 aliphatic rings. The highest BCUT2D eigenvalue weighted by Gasteiger charge is 2.30. The minimum atomic E-state index is -0.106. The van der Waals surface area contributed by atoms with E-state index in [1.807, 2.05) is 0 Å². The van der Waals surface area contributed by atoms with Crippen LogP contribution >= 0.6 is 11.3 Å². The Balaban J connectivity index is 1.95. The first kappa shape index (κ1) is 13.9. The normalized spacial score (nSPS) is 18.9. The van der Waals surface area contributed by atoms with Gasteiger partial charge in [-0.05, 0) is 20.4 Å². The van der Waals surface area contributed by atoms with E-state index in [2.05, 4.69) is 47.0 Å². The lowest BCUT2D eigenvalue weighted by Crippen LogP contribution is -2.48. The number of aromatic nitrogens is 2. The number of hydrogen-bond donors (Lipinski definition) is 1. The average Bonchev–Trinajstić information content (AvgIpc) is 2.96. The van der Waals surface area contributed by atoms with Crippen LogP contribution in [0.15, 0.2) is 11.6 Å². The molecule has 3 rings (SSSR count). The maximum Gasteiger partial charge on any atom is 0.195 e. The summed E-state index contributed by atoms with van der Waals surface area (Å²) >= 11 is 1.69. The van der Waals surface area contributed by atoms with E-state index in [0.29, 0.717) is 0 Å². The Hall–Kier alpha value is -1.11. The molecule has 1 aliphatic heterocycles. The Kier molecular flexibility index (Phi) is 3.70. The van der Waals surface area contributed by atoms with Gasteiger partial charge in [0.25, 0.3) is 0 Å². The Morgan fingerprint density at radius 3 is 3.10 bits per heavy atom. The Labute approximate surface area is 123 Å². The number of hydrogen-bond acceptors (Lipinski definition) is 5. The molecule has 2 aromatic rings. The molecular weight excluding hydrogens is 272 g/mol. The summed E-state index contributed by atoms with van der Waals surface area (Å²) in [5.41, 5.74) is 1.14. The minimum Gasteiger partial charge on any atom is -0.372 e. The highest BCUT2D eigenvalue weighted by Crippen LogP contribution is 2.28. The van der Waals surface area contributed by atoms with Crippen LogP contribution in [0.4, 0.5) is 5.82 Å². The standard InChI is InChI=1S/C14H22N4OS/c1-4-15-9-11-12(16-13-18(11)6-8-20-13)17-5-7-19-14(2,3)10-17/h6,8,15H,4-5,7,9-10H2,1-3H3. The van der Waals surface area contributed by atoms with Gasteiger partial charge in [0.2, 0.25) is 0 Å². The lowest BCUT2D eigenvalue weighted by atomic mass is 10.1. The van der Waals surface area contributed by atoms with Crippen molar-refractivity contribution in [1.29, 1.82) is 0 Å². The molecular formula is C14H22N4OS. The molecule has 2 aromatic heterocycles. The zero-order valence-electron chi connectivity index (χ0n) is 12.3. The van der Waals surface area contributed by atoms with Gasteiger partial charge >= 0.3 is 0 Å². The molecule has 0 radical (unpaired) electrons. The van der Waals surface area contributed by atoms with Crippen molar-refractivity contribution < 1.29 is 4.74 Å². The van der Waals surface area contributed by atoms with Crippen molar-refractivity contribution in [3.05, 3.63) is 17.3 Å². The van der Waals surface area contributed by atoms with Crippen molar-refractivity contribution in [2.75, 3.05) is 31.1 Å². The van der Waals surface area contributed by atoms with Crippen LogP contribution in [-0.2, 0) is 11.3 Å². The Morgan fingerprint density at radius 2 is 2.35 bits per heavy atom. The van der Waals surface area contributed by atoms with Crippen molar-refractivity contribution in [2.24, 2.45) is 0 Å². The van der Waals surface area contributed by atoms with Crippen LogP contribution in [0.25, 0.3) is 4.96 Å². The summed E-state index contributed by atoms with van der Waals surface area (Å²) in [5.74, 6) is 1.11. The van der Waals surface area contributed by atoms with Crippen molar-refractivity contribution in [1.82, 2.24) is 14.7 Å². The number of ether oxygens (including phenoxy) is 1. The third-order valence-electron chi connectivity index (χ3n) is 3.61. The number of rotatable bonds is 4. The molecule has 3 heterocycles. The predicted octanol–water partition coefficient (Wildman–Crippen LogP) is 2.12. The molecule has 1 fully saturated rings. The summed E-state index contributed by atoms with van der Waals surface area (Å²) in [5, 5.41) is 5.51. The van der Waals surface area contributed by atoms with Crippen LogP contribution in [0.3, 0.4) is 0 Å². The molecule has 6 heteroatoms. The van der Waals surface area contributed by atoms with Gasteiger partial charge in [-0.25, -0.2) is 4.98 Å². The van der Waals surface area contributed by atoms with E-state index in [1.165, 1.54) is 5.69 Å². The zero-order valence-corrected chi connectivity index (χ0v) is 13.2. The fourth-order valence-electron chi connectivity index (χ4n) is 2.68. The largest absolute Gasteiger partial charge is 0.372 e. The van der Waals surface area contributed by atoms with Crippen molar-refractivity contribution in [3.8, 4) is 0 Å². The first-order valence-electron chi connectivity index (χ1n) is 7.15.